The van der Waals surface area contributed by atoms with Crippen molar-refractivity contribution in [3.05, 3.63) is 59.7 Å². The fraction of sp³-hybridized carbons (Fsp3) is 0.154. The van der Waals surface area contributed by atoms with Gasteiger partial charge in [0, 0.05) is 18.9 Å². The van der Waals surface area contributed by atoms with E-state index >= 15 is 0 Å². The Morgan fingerprint density at radius 2 is 2.06 bits per heavy atom. The van der Waals surface area contributed by atoms with Crippen molar-refractivity contribution in [2.45, 2.75) is 6.54 Å². The second kappa shape index (κ2) is 4.82. The van der Waals surface area contributed by atoms with Crippen LogP contribution in [-0.2, 0) is 13.6 Å². The van der Waals surface area contributed by atoms with Crippen LogP contribution in [0, 0.1) is 5.82 Å². The molecular formula is C13H13FN2O. The van der Waals surface area contributed by atoms with Gasteiger partial charge in [0.05, 0.1) is 12.1 Å². The molecule has 0 spiro atoms. The van der Waals surface area contributed by atoms with Crippen molar-refractivity contribution in [2.24, 2.45) is 7.05 Å². The lowest BCUT2D eigenvalue weighted by Crippen LogP contribution is -2.24. The van der Waals surface area contributed by atoms with Gasteiger partial charge in [-0.15, -0.1) is 0 Å². The van der Waals surface area contributed by atoms with Crippen LogP contribution in [0.25, 0.3) is 0 Å². The highest BCUT2D eigenvalue weighted by molar-refractivity contribution is 5.94. The van der Waals surface area contributed by atoms with Crippen molar-refractivity contribution in [1.29, 1.82) is 0 Å². The van der Waals surface area contributed by atoms with Gasteiger partial charge in [-0.1, -0.05) is 12.1 Å². The molecule has 4 heteroatoms. The van der Waals surface area contributed by atoms with Crippen LogP contribution in [0.5, 0.6) is 0 Å². The van der Waals surface area contributed by atoms with Gasteiger partial charge in [-0.25, -0.2) is 4.39 Å². The van der Waals surface area contributed by atoms with Crippen molar-refractivity contribution in [3.8, 4) is 0 Å². The van der Waals surface area contributed by atoms with Crippen molar-refractivity contribution in [1.82, 2.24) is 9.88 Å². The van der Waals surface area contributed by atoms with Crippen molar-refractivity contribution in [3.63, 3.8) is 0 Å². The van der Waals surface area contributed by atoms with E-state index < -0.39 is 11.7 Å². The van der Waals surface area contributed by atoms with Crippen LogP contribution < -0.4 is 5.32 Å². The largest absolute Gasteiger partial charge is 0.353 e. The van der Waals surface area contributed by atoms with Gasteiger partial charge in [-0.3, -0.25) is 4.79 Å². The van der Waals surface area contributed by atoms with Gasteiger partial charge in [-0.05, 0) is 24.3 Å². The number of carbonyl (C=O) groups is 1. The van der Waals surface area contributed by atoms with E-state index in [0.29, 0.717) is 6.54 Å². The third kappa shape index (κ3) is 2.53. The Balaban J connectivity index is 2.04. The summed E-state index contributed by atoms with van der Waals surface area (Å²) in [4.78, 5) is 11.7. The Morgan fingerprint density at radius 3 is 2.71 bits per heavy atom. The monoisotopic (exact) mass is 232 g/mol. The first-order chi connectivity index (χ1) is 8.18. The first-order valence-electron chi connectivity index (χ1n) is 5.31. The van der Waals surface area contributed by atoms with Gasteiger partial charge in [-0.2, -0.15) is 0 Å². The summed E-state index contributed by atoms with van der Waals surface area (Å²) >= 11 is 0. The van der Waals surface area contributed by atoms with E-state index in [-0.39, 0.29) is 5.56 Å². The zero-order valence-corrected chi connectivity index (χ0v) is 9.48. The van der Waals surface area contributed by atoms with Gasteiger partial charge in [0.15, 0.2) is 0 Å². The molecule has 1 aromatic heterocycles. The summed E-state index contributed by atoms with van der Waals surface area (Å²) in [7, 11) is 1.89. The Labute approximate surface area is 98.9 Å². The molecule has 0 saturated heterocycles. The third-order valence-electron chi connectivity index (χ3n) is 2.60. The molecule has 17 heavy (non-hydrogen) atoms. The normalized spacial score (nSPS) is 10.2. The van der Waals surface area contributed by atoms with Crippen LogP contribution in [0.2, 0.25) is 0 Å². The van der Waals surface area contributed by atoms with Crippen LogP contribution in [-0.4, -0.2) is 10.5 Å². The summed E-state index contributed by atoms with van der Waals surface area (Å²) in [5.41, 5.74) is 1.04. The number of benzene rings is 1. The maximum Gasteiger partial charge on any atom is 0.254 e. The predicted molar refractivity (Wildman–Crippen MR) is 63.0 cm³/mol. The van der Waals surface area contributed by atoms with Crippen molar-refractivity contribution in [2.75, 3.05) is 0 Å². The van der Waals surface area contributed by atoms with E-state index in [4.69, 9.17) is 0 Å². The summed E-state index contributed by atoms with van der Waals surface area (Å²) in [6, 6.07) is 9.74. The highest BCUT2D eigenvalue weighted by Crippen LogP contribution is 2.06. The van der Waals surface area contributed by atoms with Gasteiger partial charge in [0.1, 0.15) is 5.82 Å². The molecule has 1 N–H and O–H groups in total. The molecule has 2 aromatic rings. The molecule has 0 saturated carbocycles. The summed E-state index contributed by atoms with van der Waals surface area (Å²) < 4.78 is 15.2. The molecule has 0 unspecified atom stereocenters. The third-order valence-corrected chi connectivity index (χ3v) is 2.60. The van der Waals surface area contributed by atoms with Gasteiger partial charge >= 0.3 is 0 Å². The zero-order valence-electron chi connectivity index (χ0n) is 9.48. The number of nitrogens with one attached hydrogen (secondary N) is 1. The number of amides is 1. The minimum absolute atomic E-state index is 0.0710. The second-order valence-electron chi connectivity index (χ2n) is 3.77. The Morgan fingerprint density at radius 1 is 1.29 bits per heavy atom. The van der Waals surface area contributed by atoms with E-state index in [9.17, 15) is 9.18 Å². The maximum atomic E-state index is 13.3. The number of nitrogens with zero attached hydrogens (tertiary/aromatic N) is 1. The highest BCUT2D eigenvalue weighted by Gasteiger charge is 2.10. The Bertz CT molecular complexity index is 534. The van der Waals surface area contributed by atoms with E-state index in [1.54, 1.807) is 12.1 Å². The van der Waals surface area contributed by atoms with E-state index in [1.165, 1.54) is 12.1 Å². The molecule has 0 fully saturated rings. The molecule has 0 aliphatic rings. The lowest BCUT2D eigenvalue weighted by molar-refractivity contribution is 0.0946. The molecule has 3 nitrogen and oxygen atoms in total. The minimum atomic E-state index is -0.503. The fourth-order valence-electron chi connectivity index (χ4n) is 1.59. The van der Waals surface area contributed by atoms with Crippen molar-refractivity contribution >= 4 is 5.91 Å². The summed E-state index contributed by atoms with van der Waals surface area (Å²) in [5, 5.41) is 2.68. The smallest absolute Gasteiger partial charge is 0.254 e. The van der Waals surface area contributed by atoms with E-state index in [0.717, 1.165) is 5.69 Å². The first kappa shape index (κ1) is 11.4. The number of carbonyl (C=O) groups excluding carboxylic acids is 1. The predicted octanol–water partition coefficient (Wildman–Crippen LogP) is 2.09. The topological polar surface area (TPSA) is 34.0 Å². The molecule has 1 heterocycles. The van der Waals surface area contributed by atoms with Gasteiger partial charge in [0.2, 0.25) is 0 Å². The molecular weight excluding hydrogens is 219 g/mol. The minimum Gasteiger partial charge on any atom is -0.353 e. The zero-order chi connectivity index (χ0) is 12.3. The SMILES string of the molecule is Cn1cccc1CNC(=O)c1ccccc1F. The molecule has 88 valence electrons. The molecule has 0 aliphatic carbocycles. The van der Waals surface area contributed by atoms with E-state index in [1.807, 2.05) is 29.9 Å². The van der Waals surface area contributed by atoms with Crippen LogP contribution in [0.4, 0.5) is 4.39 Å². The summed E-state index contributed by atoms with van der Waals surface area (Å²) in [6.07, 6.45) is 1.89. The number of hydrogen-bond donors (Lipinski definition) is 1. The molecule has 1 aromatic carbocycles. The van der Waals surface area contributed by atoms with Crippen LogP contribution in [0.3, 0.4) is 0 Å². The van der Waals surface area contributed by atoms with Crippen LogP contribution >= 0.6 is 0 Å². The van der Waals surface area contributed by atoms with Gasteiger partial charge in [0.25, 0.3) is 5.91 Å². The fourth-order valence-corrected chi connectivity index (χ4v) is 1.59. The Kier molecular flexibility index (Phi) is 3.23. The van der Waals surface area contributed by atoms with E-state index in [2.05, 4.69) is 5.32 Å². The number of hydrogen-bond acceptors (Lipinski definition) is 1. The number of halogens is 1. The average Bonchev–Trinajstić information content (AvgIpc) is 2.72. The molecule has 0 bridgehead atoms. The Hall–Kier alpha value is -2.10. The van der Waals surface area contributed by atoms with Crippen molar-refractivity contribution < 1.29 is 9.18 Å². The summed E-state index contributed by atoms with van der Waals surface area (Å²) in [5.74, 6) is -0.902. The number of aryl methyl sites for hydroxylation is 1. The quantitative estimate of drug-likeness (QED) is 0.863. The lowest BCUT2D eigenvalue weighted by atomic mass is 10.2. The molecule has 2 rings (SSSR count). The average molecular weight is 232 g/mol. The van der Waals surface area contributed by atoms with Crippen LogP contribution in [0.1, 0.15) is 16.1 Å². The highest BCUT2D eigenvalue weighted by atomic mass is 19.1. The van der Waals surface area contributed by atoms with Crippen LogP contribution in [0.15, 0.2) is 42.6 Å². The number of aromatic nitrogens is 1. The summed E-state index contributed by atoms with van der Waals surface area (Å²) in [6.45, 7) is 0.386. The number of rotatable bonds is 3. The molecule has 0 radical (unpaired) electrons. The van der Waals surface area contributed by atoms with Gasteiger partial charge < -0.3 is 9.88 Å². The molecule has 0 atom stereocenters. The standard InChI is InChI=1S/C13H13FN2O/c1-16-8-4-5-10(16)9-15-13(17)11-6-2-3-7-12(11)14/h2-8H,9H2,1H3,(H,15,17). The molecule has 0 aliphatic heterocycles. The first-order valence-corrected chi connectivity index (χ1v) is 5.31. The lowest BCUT2D eigenvalue weighted by Gasteiger charge is -2.06. The second-order valence-corrected chi connectivity index (χ2v) is 3.77. The maximum absolute atomic E-state index is 13.3. The molecule has 1 amide bonds.